The largest absolute Gasteiger partial charge is 0.490 e. The Bertz CT molecular complexity index is 1510. The van der Waals surface area contributed by atoms with Crippen molar-refractivity contribution in [1.29, 1.82) is 0 Å². The summed E-state index contributed by atoms with van der Waals surface area (Å²) < 4.78 is 23.8. The number of hydrogen-bond donors (Lipinski definition) is 0. The van der Waals surface area contributed by atoms with Gasteiger partial charge in [0.15, 0.2) is 23.0 Å². The van der Waals surface area contributed by atoms with E-state index in [1.165, 1.54) is 5.56 Å². The van der Waals surface area contributed by atoms with Crippen LogP contribution in [0.1, 0.15) is 74.5 Å². The molecule has 0 radical (unpaired) electrons. The molecule has 0 spiro atoms. The molecule has 0 N–H and O–H groups in total. The number of carbonyl (C=O) groups excluding carboxylic acids is 1. The Morgan fingerprint density at radius 1 is 0.778 bits per heavy atom. The van der Waals surface area contributed by atoms with Crippen LogP contribution in [0.4, 0.5) is 0 Å². The highest BCUT2D eigenvalue weighted by atomic mass is 35.5. The maximum atomic E-state index is 14.3. The first-order valence-corrected chi connectivity index (χ1v) is 16.9. The van der Waals surface area contributed by atoms with Gasteiger partial charge in [-0.1, -0.05) is 29.3 Å². The highest BCUT2D eigenvalue weighted by Gasteiger charge is 2.35. The molecule has 45 heavy (non-hydrogen) atoms. The lowest BCUT2D eigenvalue weighted by molar-refractivity contribution is -0.136. The number of benzene rings is 3. The number of hydrogen-bond acceptors (Lipinski definition) is 6. The SMILES string of the molecule is CCOc1ccc(CC2c3cc(OCC)c(OCC)cc3CCN2C(=O)CN2CCc3c(Cl)cc(Cl)cc3C2C)cc1OCC. The third-order valence-corrected chi connectivity index (χ3v) is 9.26. The van der Waals surface area contributed by atoms with E-state index < -0.39 is 0 Å². The van der Waals surface area contributed by atoms with Gasteiger partial charge < -0.3 is 23.8 Å². The van der Waals surface area contributed by atoms with Crippen molar-refractivity contribution in [2.45, 2.75) is 66.0 Å². The second-order valence-electron chi connectivity index (χ2n) is 11.4. The zero-order valence-corrected chi connectivity index (χ0v) is 28.5. The van der Waals surface area contributed by atoms with Crippen LogP contribution in [-0.2, 0) is 24.1 Å². The van der Waals surface area contributed by atoms with Gasteiger partial charge in [0.25, 0.3) is 0 Å². The molecule has 3 aromatic rings. The van der Waals surface area contributed by atoms with Crippen molar-refractivity contribution in [3.63, 3.8) is 0 Å². The highest BCUT2D eigenvalue weighted by Crippen LogP contribution is 2.42. The fourth-order valence-electron chi connectivity index (χ4n) is 6.60. The van der Waals surface area contributed by atoms with Crippen molar-refractivity contribution < 1.29 is 23.7 Å². The molecule has 2 unspecified atom stereocenters. The molecule has 242 valence electrons. The van der Waals surface area contributed by atoms with Crippen molar-refractivity contribution in [2.24, 2.45) is 0 Å². The minimum Gasteiger partial charge on any atom is -0.490 e. The molecule has 0 aromatic heterocycles. The summed E-state index contributed by atoms with van der Waals surface area (Å²) in [6.07, 6.45) is 2.13. The molecule has 9 heteroatoms. The first-order valence-electron chi connectivity index (χ1n) is 16.1. The number of fused-ring (bicyclic) bond motifs is 2. The van der Waals surface area contributed by atoms with Crippen LogP contribution in [0, 0.1) is 0 Å². The Balaban J connectivity index is 1.48. The maximum Gasteiger partial charge on any atom is 0.237 e. The van der Waals surface area contributed by atoms with Gasteiger partial charge in [0, 0.05) is 29.2 Å². The molecule has 2 aliphatic heterocycles. The van der Waals surface area contributed by atoms with E-state index >= 15 is 0 Å². The number of carbonyl (C=O) groups is 1. The summed E-state index contributed by atoms with van der Waals surface area (Å²) >= 11 is 12.9. The molecule has 0 saturated heterocycles. The standard InChI is InChI=1S/C36H44Cl2N2O5/c1-6-42-32-11-10-24(17-33(32)43-7-2)16-31-29-21-35(45-9-4)34(44-8-3)18-25(29)12-15-40(31)36(41)22-39-14-13-27-28(23(39)5)19-26(37)20-30(27)38/h10-11,17-21,23,31H,6-9,12-16,22H2,1-5H3. The fourth-order valence-corrected chi connectivity index (χ4v) is 7.20. The van der Waals surface area contributed by atoms with Crippen LogP contribution in [0.5, 0.6) is 23.0 Å². The van der Waals surface area contributed by atoms with Gasteiger partial charge in [-0.3, -0.25) is 9.69 Å². The van der Waals surface area contributed by atoms with Crippen LogP contribution in [-0.4, -0.2) is 61.8 Å². The Morgan fingerprint density at radius 2 is 1.42 bits per heavy atom. The van der Waals surface area contributed by atoms with Crippen molar-refractivity contribution >= 4 is 29.1 Å². The number of nitrogens with zero attached hydrogens (tertiary/aromatic N) is 2. The van der Waals surface area contributed by atoms with E-state index in [0.29, 0.717) is 67.5 Å². The molecular weight excluding hydrogens is 611 g/mol. The molecule has 1 amide bonds. The first-order chi connectivity index (χ1) is 21.8. The Labute approximate surface area is 277 Å². The van der Waals surface area contributed by atoms with Crippen LogP contribution in [0.25, 0.3) is 0 Å². The summed E-state index contributed by atoms with van der Waals surface area (Å²) in [5, 5.41) is 1.31. The average Bonchev–Trinajstić information content (AvgIpc) is 3.01. The van der Waals surface area contributed by atoms with E-state index in [1.54, 1.807) is 6.07 Å². The second-order valence-corrected chi connectivity index (χ2v) is 12.3. The van der Waals surface area contributed by atoms with E-state index in [4.69, 9.17) is 42.1 Å². The van der Waals surface area contributed by atoms with E-state index in [0.717, 1.165) is 53.1 Å². The summed E-state index contributed by atoms with van der Waals surface area (Å²) in [6, 6.07) is 13.9. The van der Waals surface area contributed by atoms with Gasteiger partial charge in [-0.2, -0.15) is 0 Å². The first kappa shape index (κ1) is 33.2. The van der Waals surface area contributed by atoms with Crippen LogP contribution in [0.15, 0.2) is 42.5 Å². The van der Waals surface area contributed by atoms with Crippen LogP contribution >= 0.6 is 23.2 Å². The monoisotopic (exact) mass is 654 g/mol. The van der Waals surface area contributed by atoms with Gasteiger partial charge in [-0.05, 0) is 118 Å². The minimum atomic E-state index is -0.195. The van der Waals surface area contributed by atoms with Gasteiger partial charge in [0.2, 0.25) is 5.91 Å². The summed E-state index contributed by atoms with van der Waals surface area (Å²) in [6.45, 7) is 13.8. The van der Waals surface area contributed by atoms with Crippen molar-refractivity contribution in [1.82, 2.24) is 9.80 Å². The zero-order valence-electron chi connectivity index (χ0n) is 27.0. The van der Waals surface area contributed by atoms with Gasteiger partial charge in [-0.25, -0.2) is 0 Å². The lowest BCUT2D eigenvalue weighted by Gasteiger charge is -2.41. The highest BCUT2D eigenvalue weighted by molar-refractivity contribution is 6.35. The fraction of sp³-hybridized carbons (Fsp3) is 0.472. The normalized spacial score (nSPS) is 17.8. The summed E-state index contributed by atoms with van der Waals surface area (Å²) in [4.78, 5) is 18.6. The average molecular weight is 656 g/mol. The topological polar surface area (TPSA) is 60.5 Å². The third kappa shape index (κ3) is 7.32. The molecule has 2 atom stereocenters. The van der Waals surface area contributed by atoms with Crippen LogP contribution in [0.3, 0.4) is 0 Å². The van der Waals surface area contributed by atoms with E-state index in [9.17, 15) is 4.79 Å². The van der Waals surface area contributed by atoms with Gasteiger partial charge in [0.05, 0.1) is 39.0 Å². The van der Waals surface area contributed by atoms with Gasteiger partial charge in [-0.15, -0.1) is 0 Å². The lowest BCUT2D eigenvalue weighted by Crippen LogP contribution is -2.47. The molecule has 5 rings (SSSR count). The molecule has 0 bridgehead atoms. The molecule has 0 fully saturated rings. The van der Waals surface area contributed by atoms with E-state index in [-0.39, 0.29) is 18.0 Å². The van der Waals surface area contributed by atoms with E-state index in [1.807, 2.05) is 50.8 Å². The number of amides is 1. The number of rotatable bonds is 12. The van der Waals surface area contributed by atoms with E-state index in [2.05, 4.69) is 30.0 Å². The predicted octanol–water partition coefficient (Wildman–Crippen LogP) is 7.88. The Morgan fingerprint density at radius 3 is 2.11 bits per heavy atom. The van der Waals surface area contributed by atoms with Crippen molar-refractivity contribution in [3.05, 3.63) is 80.3 Å². The summed E-state index contributed by atoms with van der Waals surface area (Å²) in [5.41, 5.74) is 5.54. The van der Waals surface area contributed by atoms with Crippen molar-refractivity contribution in [3.8, 4) is 23.0 Å². The zero-order chi connectivity index (χ0) is 32.1. The van der Waals surface area contributed by atoms with Crippen LogP contribution in [0.2, 0.25) is 10.0 Å². The molecule has 2 heterocycles. The minimum absolute atomic E-state index is 0.0163. The van der Waals surface area contributed by atoms with Crippen molar-refractivity contribution in [2.75, 3.05) is 46.1 Å². The molecular formula is C36H44Cl2N2O5. The summed E-state index contributed by atoms with van der Waals surface area (Å²) in [5.74, 6) is 2.98. The third-order valence-electron chi connectivity index (χ3n) is 8.70. The quantitative estimate of drug-likeness (QED) is 0.198. The van der Waals surface area contributed by atoms with Gasteiger partial charge >= 0.3 is 0 Å². The molecule has 7 nitrogen and oxygen atoms in total. The Hall–Kier alpha value is -3.13. The predicted molar refractivity (Wildman–Crippen MR) is 180 cm³/mol. The molecule has 3 aromatic carbocycles. The molecule has 0 saturated carbocycles. The summed E-state index contributed by atoms with van der Waals surface area (Å²) in [7, 11) is 0. The molecule has 2 aliphatic rings. The van der Waals surface area contributed by atoms with Crippen LogP contribution < -0.4 is 18.9 Å². The Kier molecular flexibility index (Phi) is 11.1. The number of ether oxygens (including phenoxy) is 4. The van der Waals surface area contributed by atoms with Gasteiger partial charge in [0.1, 0.15) is 0 Å². The smallest absolute Gasteiger partial charge is 0.237 e. The second kappa shape index (κ2) is 15.0. The maximum absolute atomic E-state index is 14.3. The lowest BCUT2D eigenvalue weighted by atomic mass is 9.87. The number of halogens is 2. The molecule has 0 aliphatic carbocycles.